The number of hydrogen-bond donors (Lipinski definition) is 1. The average molecular weight is 349 g/mol. The second kappa shape index (κ2) is 5.51. The third kappa shape index (κ3) is 2.82. The van der Waals surface area contributed by atoms with Crippen LogP contribution in [-0.4, -0.2) is 9.78 Å². The van der Waals surface area contributed by atoms with Crippen molar-refractivity contribution in [3.8, 4) is 0 Å². The summed E-state index contributed by atoms with van der Waals surface area (Å²) in [5, 5.41) is 8.89. The third-order valence-electron chi connectivity index (χ3n) is 2.64. The highest BCUT2D eigenvalue weighted by Gasteiger charge is 2.11. The van der Waals surface area contributed by atoms with Crippen LogP contribution in [-0.2, 0) is 13.6 Å². The summed E-state index contributed by atoms with van der Waals surface area (Å²) >= 11 is 15.7. The van der Waals surface area contributed by atoms with Gasteiger partial charge in [0.15, 0.2) is 0 Å². The maximum absolute atomic E-state index is 6.19. The second-order valence-electron chi connectivity index (χ2n) is 3.95. The number of halogens is 3. The Bertz CT molecular complexity index is 581. The van der Waals surface area contributed by atoms with Crippen LogP contribution in [0.5, 0.6) is 0 Å². The van der Waals surface area contributed by atoms with Crippen LogP contribution in [0.2, 0.25) is 10.0 Å². The number of benzene rings is 1. The van der Waals surface area contributed by atoms with Crippen molar-refractivity contribution >= 4 is 44.8 Å². The lowest BCUT2D eigenvalue weighted by atomic mass is 10.3. The van der Waals surface area contributed by atoms with Crippen LogP contribution in [0.3, 0.4) is 0 Å². The molecule has 6 heteroatoms. The molecule has 0 amide bonds. The Balaban J connectivity index is 2.19. The average Bonchev–Trinajstić information content (AvgIpc) is 2.55. The maximum Gasteiger partial charge on any atom is 0.0865 e. The lowest BCUT2D eigenvalue weighted by molar-refractivity contribution is 0.713. The van der Waals surface area contributed by atoms with Crippen molar-refractivity contribution in [2.24, 2.45) is 7.05 Å². The number of aryl methyl sites for hydroxylation is 2. The summed E-state index contributed by atoms with van der Waals surface area (Å²) in [6, 6.07) is 5.66. The number of anilines is 1. The Kier molecular flexibility index (Phi) is 4.20. The summed E-state index contributed by atoms with van der Waals surface area (Å²) in [5.41, 5.74) is 2.63. The zero-order valence-electron chi connectivity index (χ0n) is 9.97. The van der Waals surface area contributed by atoms with Gasteiger partial charge in [-0.1, -0.05) is 39.1 Å². The van der Waals surface area contributed by atoms with E-state index in [1.807, 2.05) is 32.2 Å². The molecule has 0 aliphatic heterocycles. The van der Waals surface area contributed by atoms with Gasteiger partial charge in [-0.05, 0) is 25.1 Å². The van der Waals surface area contributed by atoms with Crippen LogP contribution < -0.4 is 5.32 Å². The minimum Gasteiger partial charge on any atom is -0.378 e. The smallest absolute Gasteiger partial charge is 0.0865 e. The highest BCUT2D eigenvalue weighted by molar-refractivity contribution is 9.10. The zero-order chi connectivity index (χ0) is 13.3. The topological polar surface area (TPSA) is 29.9 Å². The largest absolute Gasteiger partial charge is 0.378 e. The van der Waals surface area contributed by atoms with Gasteiger partial charge in [0.05, 0.1) is 33.7 Å². The molecule has 0 spiro atoms. The molecule has 0 radical (unpaired) electrons. The van der Waals surface area contributed by atoms with E-state index >= 15 is 0 Å². The summed E-state index contributed by atoms with van der Waals surface area (Å²) in [6.45, 7) is 2.46. The molecule has 1 N–H and O–H groups in total. The van der Waals surface area contributed by atoms with E-state index in [1.165, 1.54) is 0 Å². The Morgan fingerprint density at radius 2 is 2.11 bits per heavy atom. The van der Waals surface area contributed by atoms with Crippen molar-refractivity contribution in [2.75, 3.05) is 5.32 Å². The SMILES string of the molecule is Cc1nn(C)c(CNc2cc(Br)ccc2Cl)c1Cl. The fraction of sp³-hybridized carbons (Fsp3) is 0.250. The van der Waals surface area contributed by atoms with Gasteiger partial charge in [0.1, 0.15) is 0 Å². The molecule has 1 aromatic heterocycles. The molecule has 0 bridgehead atoms. The maximum atomic E-state index is 6.19. The summed E-state index contributed by atoms with van der Waals surface area (Å²) < 4.78 is 2.75. The van der Waals surface area contributed by atoms with Crippen LogP contribution >= 0.6 is 39.1 Å². The van der Waals surface area contributed by atoms with Crippen molar-refractivity contribution in [3.63, 3.8) is 0 Å². The molecule has 18 heavy (non-hydrogen) atoms. The molecule has 1 aromatic carbocycles. The normalized spacial score (nSPS) is 10.7. The fourth-order valence-corrected chi connectivity index (χ4v) is 2.46. The first kappa shape index (κ1) is 13.7. The van der Waals surface area contributed by atoms with E-state index in [0.29, 0.717) is 16.6 Å². The van der Waals surface area contributed by atoms with Crippen molar-refractivity contribution in [1.29, 1.82) is 0 Å². The van der Waals surface area contributed by atoms with Crippen molar-refractivity contribution in [1.82, 2.24) is 9.78 Å². The van der Waals surface area contributed by atoms with E-state index < -0.39 is 0 Å². The third-order valence-corrected chi connectivity index (χ3v) is 3.95. The molecule has 0 fully saturated rings. The van der Waals surface area contributed by atoms with Crippen molar-refractivity contribution in [3.05, 3.63) is 44.1 Å². The summed E-state index contributed by atoms with van der Waals surface area (Å²) in [4.78, 5) is 0. The van der Waals surface area contributed by atoms with Gasteiger partial charge in [-0.3, -0.25) is 4.68 Å². The van der Waals surface area contributed by atoms with E-state index in [4.69, 9.17) is 23.2 Å². The van der Waals surface area contributed by atoms with Gasteiger partial charge in [0.25, 0.3) is 0 Å². The van der Waals surface area contributed by atoms with Crippen molar-refractivity contribution in [2.45, 2.75) is 13.5 Å². The monoisotopic (exact) mass is 347 g/mol. The molecule has 2 rings (SSSR count). The van der Waals surface area contributed by atoms with Crippen LogP contribution in [0.4, 0.5) is 5.69 Å². The lowest BCUT2D eigenvalue weighted by Crippen LogP contribution is -2.06. The molecular formula is C12H12BrCl2N3. The van der Waals surface area contributed by atoms with E-state index in [1.54, 1.807) is 4.68 Å². The van der Waals surface area contributed by atoms with Gasteiger partial charge in [-0.15, -0.1) is 0 Å². The first-order valence-corrected chi connectivity index (χ1v) is 6.91. The molecule has 0 unspecified atom stereocenters. The second-order valence-corrected chi connectivity index (χ2v) is 5.65. The van der Waals surface area contributed by atoms with Crippen LogP contribution in [0.1, 0.15) is 11.4 Å². The molecule has 96 valence electrons. The summed E-state index contributed by atoms with van der Waals surface area (Å²) in [6.07, 6.45) is 0. The van der Waals surface area contributed by atoms with Gasteiger partial charge >= 0.3 is 0 Å². The quantitative estimate of drug-likeness (QED) is 0.890. The van der Waals surface area contributed by atoms with Gasteiger partial charge in [0, 0.05) is 11.5 Å². The predicted octanol–water partition coefficient (Wildman–Crippen LogP) is 4.41. The molecule has 0 saturated carbocycles. The molecule has 2 aromatic rings. The van der Waals surface area contributed by atoms with Crippen molar-refractivity contribution < 1.29 is 0 Å². The first-order chi connectivity index (χ1) is 8.49. The highest BCUT2D eigenvalue weighted by Crippen LogP contribution is 2.27. The van der Waals surface area contributed by atoms with E-state index in [2.05, 4.69) is 26.3 Å². The predicted molar refractivity (Wildman–Crippen MR) is 79.4 cm³/mol. The summed E-state index contributed by atoms with van der Waals surface area (Å²) in [5.74, 6) is 0. The summed E-state index contributed by atoms with van der Waals surface area (Å²) in [7, 11) is 1.87. The van der Waals surface area contributed by atoms with Gasteiger partial charge in [-0.25, -0.2) is 0 Å². The van der Waals surface area contributed by atoms with Gasteiger partial charge in [-0.2, -0.15) is 5.10 Å². The Morgan fingerprint density at radius 1 is 1.39 bits per heavy atom. The number of nitrogens with zero attached hydrogens (tertiary/aromatic N) is 2. The van der Waals surface area contributed by atoms with Crippen LogP contribution in [0.15, 0.2) is 22.7 Å². The number of hydrogen-bond acceptors (Lipinski definition) is 2. The first-order valence-electron chi connectivity index (χ1n) is 5.36. The zero-order valence-corrected chi connectivity index (χ0v) is 13.1. The number of rotatable bonds is 3. The standard InChI is InChI=1S/C12H12BrCl2N3/c1-7-12(15)11(18(2)17-7)6-16-10-5-8(13)3-4-9(10)14/h3-5,16H,6H2,1-2H3. The Morgan fingerprint density at radius 3 is 2.72 bits per heavy atom. The van der Waals surface area contributed by atoms with Gasteiger partial charge < -0.3 is 5.32 Å². The molecule has 1 heterocycles. The van der Waals surface area contributed by atoms with E-state index in [0.717, 1.165) is 21.5 Å². The van der Waals surface area contributed by atoms with Crippen LogP contribution in [0, 0.1) is 6.92 Å². The fourth-order valence-electron chi connectivity index (χ4n) is 1.68. The van der Waals surface area contributed by atoms with Gasteiger partial charge in [0.2, 0.25) is 0 Å². The molecule has 0 saturated heterocycles. The van der Waals surface area contributed by atoms with E-state index in [-0.39, 0.29) is 0 Å². The Hall–Kier alpha value is -0.710. The lowest BCUT2D eigenvalue weighted by Gasteiger charge is -2.09. The van der Waals surface area contributed by atoms with Crippen LogP contribution in [0.25, 0.3) is 0 Å². The molecule has 0 aliphatic rings. The molecule has 0 aliphatic carbocycles. The highest BCUT2D eigenvalue weighted by atomic mass is 79.9. The van der Waals surface area contributed by atoms with E-state index in [9.17, 15) is 0 Å². The Labute approximate surface area is 124 Å². The number of nitrogens with one attached hydrogen (secondary N) is 1. The molecular weight excluding hydrogens is 337 g/mol. The molecule has 3 nitrogen and oxygen atoms in total. The minimum atomic E-state index is 0.576. The minimum absolute atomic E-state index is 0.576. The molecule has 0 atom stereocenters. The number of aromatic nitrogens is 2.